The second-order valence-corrected chi connectivity index (χ2v) is 11.7. The fraction of sp³-hybridized carbons (Fsp3) is 0.273. The van der Waals surface area contributed by atoms with Gasteiger partial charge in [0.1, 0.15) is 5.82 Å². The van der Waals surface area contributed by atoms with Gasteiger partial charge in [0.2, 0.25) is 0 Å². The normalized spacial score (nSPS) is 17.4. The monoisotopic (exact) mass is 553 g/mol. The molecule has 5 rings (SSSR count). The summed E-state index contributed by atoms with van der Waals surface area (Å²) in [5.74, 6) is 0.821. The maximum absolute atomic E-state index is 13.6. The van der Waals surface area contributed by atoms with Gasteiger partial charge in [0.25, 0.3) is 0 Å². The van der Waals surface area contributed by atoms with Gasteiger partial charge in [-0.15, -0.1) is 11.8 Å². The SMILES string of the molecule is CCc1ccc(N2C(N)=C(C#N)C(c3cc(C)cc(CSc4ccc(Cl)cc4)c3C)C3=C2CCCC3=O)cc1. The molecule has 0 radical (unpaired) electrons. The second kappa shape index (κ2) is 11.3. The van der Waals surface area contributed by atoms with E-state index in [1.807, 2.05) is 41.3 Å². The van der Waals surface area contributed by atoms with Crippen LogP contribution in [0.2, 0.25) is 5.02 Å². The summed E-state index contributed by atoms with van der Waals surface area (Å²) in [7, 11) is 0. The maximum Gasteiger partial charge on any atom is 0.161 e. The molecule has 1 unspecified atom stereocenters. The number of nitrogens with two attached hydrogens (primary N) is 1. The molecule has 0 saturated carbocycles. The molecule has 0 aromatic heterocycles. The van der Waals surface area contributed by atoms with E-state index in [1.54, 1.807) is 11.8 Å². The first-order valence-electron chi connectivity index (χ1n) is 13.4. The summed E-state index contributed by atoms with van der Waals surface area (Å²) in [6.07, 6.45) is 2.95. The van der Waals surface area contributed by atoms with E-state index in [0.717, 1.165) is 68.6 Å². The third-order valence-corrected chi connectivity index (χ3v) is 9.05. The number of hydrogen-bond acceptors (Lipinski definition) is 5. The number of benzene rings is 3. The van der Waals surface area contributed by atoms with E-state index in [0.29, 0.717) is 17.8 Å². The van der Waals surface area contributed by atoms with E-state index in [-0.39, 0.29) is 5.78 Å². The van der Waals surface area contributed by atoms with E-state index in [1.165, 1.54) is 11.1 Å². The number of rotatable bonds is 6. The average molecular weight is 554 g/mol. The molecule has 0 amide bonds. The molecule has 3 aromatic carbocycles. The highest BCUT2D eigenvalue weighted by atomic mass is 35.5. The van der Waals surface area contributed by atoms with E-state index < -0.39 is 5.92 Å². The minimum Gasteiger partial charge on any atom is -0.384 e. The fourth-order valence-electron chi connectivity index (χ4n) is 5.68. The predicted octanol–water partition coefficient (Wildman–Crippen LogP) is 8.12. The zero-order chi connectivity index (χ0) is 27.7. The van der Waals surface area contributed by atoms with Gasteiger partial charge >= 0.3 is 0 Å². The summed E-state index contributed by atoms with van der Waals surface area (Å²) >= 11 is 7.81. The van der Waals surface area contributed by atoms with Crippen LogP contribution in [0.5, 0.6) is 0 Å². The summed E-state index contributed by atoms with van der Waals surface area (Å²) in [6, 6.07) is 22.8. The van der Waals surface area contributed by atoms with Crippen LogP contribution >= 0.6 is 23.4 Å². The van der Waals surface area contributed by atoms with Gasteiger partial charge in [0.15, 0.2) is 5.78 Å². The van der Waals surface area contributed by atoms with Crippen molar-refractivity contribution in [3.05, 3.63) is 116 Å². The largest absolute Gasteiger partial charge is 0.384 e. The number of nitrogens with zero attached hydrogens (tertiary/aromatic N) is 2. The van der Waals surface area contributed by atoms with Gasteiger partial charge in [-0.2, -0.15) is 5.26 Å². The van der Waals surface area contributed by atoms with Crippen LogP contribution in [-0.2, 0) is 17.0 Å². The van der Waals surface area contributed by atoms with E-state index in [9.17, 15) is 10.1 Å². The molecular weight excluding hydrogens is 522 g/mol. The quantitative estimate of drug-likeness (QED) is 0.312. The number of ketones is 1. The molecule has 2 N–H and O–H groups in total. The highest BCUT2D eigenvalue weighted by Gasteiger charge is 2.41. The summed E-state index contributed by atoms with van der Waals surface area (Å²) < 4.78 is 0. The lowest BCUT2D eigenvalue weighted by atomic mass is 9.73. The van der Waals surface area contributed by atoms with Crippen molar-refractivity contribution < 1.29 is 4.79 Å². The number of anilines is 1. The number of allylic oxidation sites excluding steroid dienone is 3. The van der Waals surface area contributed by atoms with Gasteiger partial charge in [-0.1, -0.05) is 48.4 Å². The number of carbonyl (C=O) groups is 1. The van der Waals surface area contributed by atoms with Crippen molar-refractivity contribution in [1.82, 2.24) is 0 Å². The van der Waals surface area contributed by atoms with Gasteiger partial charge in [-0.3, -0.25) is 9.69 Å². The van der Waals surface area contributed by atoms with Gasteiger partial charge in [0.05, 0.1) is 17.6 Å². The van der Waals surface area contributed by atoms with Crippen molar-refractivity contribution in [2.24, 2.45) is 5.73 Å². The van der Waals surface area contributed by atoms with Crippen LogP contribution in [0.1, 0.15) is 59.9 Å². The summed E-state index contributed by atoms with van der Waals surface area (Å²) in [4.78, 5) is 16.7. The summed E-state index contributed by atoms with van der Waals surface area (Å²) in [5, 5.41) is 11.2. The van der Waals surface area contributed by atoms with Gasteiger partial charge in [-0.25, -0.2) is 0 Å². The summed E-state index contributed by atoms with van der Waals surface area (Å²) in [6.45, 7) is 6.29. The topological polar surface area (TPSA) is 70.1 Å². The zero-order valence-corrected chi connectivity index (χ0v) is 24.1. The van der Waals surface area contributed by atoms with Crippen molar-refractivity contribution in [3.63, 3.8) is 0 Å². The highest BCUT2D eigenvalue weighted by molar-refractivity contribution is 7.98. The van der Waals surface area contributed by atoms with Crippen LogP contribution in [0, 0.1) is 25.2 Å². The Morgan fingerprint density at radius 1 is 1.08 bits per heavy atom. The predicted molar refractivity (Wildman–Crippen MR) is 161 cm³/mol. The second-order valence-electron chi connectivity index (χ2n) is 10.2. The van der Waals surface area contributed by atoms with E-state index >= 15 is 0 Å². The van der Waals surface area contributed by atoms with Gasteiger partial charge in [0, 0.05) is 39.0 Å². The number of aryl methyl sites for hydroxylation is 2. The molecule has 1 atom stereocenters. The first kappa shape index (κ1) is 27.1. The van der Waals surface area contributed by atoms with Crippen molar-refractivity contribution in [1.29, 1.82) is 5.26 Å². The molecule has 0 spiro atoms. The molecule has 0 saturated heterocycles. The number of nitriles is 1. The lowest BCUT2D eigenvalue weighted by Crippen LogP contribution is -2.39. The summed E-state index contributed by atoms with van der Waals surface area (Å²) in [5.41, 5.74) is 15.4. The molecule has 39 heavy (non-hydrogen) atoms. The van der Waals surface area contributed by atoms with Crippen LogP contribution in [0.15, 0.2) is 88.2 Å². The number of Topliss-reactive ketones (excluding diaryl/α,β-unsaturated/α-hetero) is 1. The standard InChI is InChI=1S/C33H32ClN3OS/c1-4-22-8-12-25(13-9-22)37-29-6-5-7-30(38)32(29)31(28(18-35)33(37)36)27-17-20(2)16-23(21(27)3)19-39-26-14-10-24(34)11-15-26/h8-17,31H,4-7,19,36H2,1-3H3. The van der Waals surface area contributed by atoms with Crippen molar-refractivity contribution in [2.45, 2.75) is 63.0 Å². The van der Waals surface area contributed by atoms with Crippen LogP contribution in [0.25, 0.3) is 0 Å². The van der Waals surface area contributed by atoms with E-state index in [4.69, 9.17) is 17.3 Å². The molecule has 4 nitrogen and oxygen atoms in total. The molecular formula is C33H32ClN3OS. The Labute approximate surface area is 240 Å². The lowest BCUT2D eigenvalue weighted by Gasteiger charge is -2.40. The Kier molecular flexibility index (Phi) is 7.88. The Morgan fingerprint density at radius 3 is 2.46 bits per heavy atom. The first-order valence-corrected chi connectivity index (χ1v) is 14.7. The average Bonchev–Trinajstić information content (AvgIpc) is 2.94. The Bertz CT molecular complexity index is 1530. The minimum atomic E-state index is -0.469. The highest BCUT2D eigenvalue weighted by Crippen LogP contribution is 2.47. The Balaban J connectivity index is 1.61. The van der Waals surface area contributed by atoms with Crippen LogP contribution in [-0.4, -0.2) is 5.78 Å². The molecule has 6 heteroatoms. The van der Waals surface area contributed by atoms with Gasteiger partial charge in [-0.05, 0) is 91.8 Å². The molecule has 0 bridgehead atoms. The molecule has 1 heterocycles. The molecule has 1 aliphatic carbocycles. The number of carbonyl (C=O) groups excluding carboxylic acids is 1. The van der Waals surface area contributed by atoms with Crippen molar-refractivity contribution in [3.8, 4) is 6.07 Å². The number of hydrogen-bond donors (Lipinski definition) is 1. The number of thioether (sulfide) groups is 1. The fourth-order valence-corrected chi connectivity index (χ4v) is 6.75. The maximum atomic E-state index is 13.6. The zero-order valence-electron chi connectivity index (χ0n) is 22.6. The minimum absolute atomic E-state index is 0.106. The van der Waals surface area contributed by atoms with Crippen LogP contribution in [0.3, 0.4) is 0 Å². The number of halogens is 1. The van der Waals surface area contributed by atoms with Crippen molar-refractivity contribution >= 4 is 34.8 Å². The third kappa shape index (κ3) is 5.24. The van der Waals surface area contributed by atoms with E-state index in [2.05, 4.69) is 51.1 Å². The van der Waals surface area contributed by atoms with Crippen LogP contribution < -0.4 is 10.6 Å². The van der Waals surface area contributed by atoms with Gasteiger partial charge < -0.3 is 5.73 Å². The molecule has 3 aromatic rings. The molecule has 198 valence electrons. The third-order valence-electron chi connectivity index (χ3n) is 7.73. The van der Waals surface area contributed by atoms with Crippen LogP contribution in [0.4, 0.5) is 5.69 Å². The molecule has 2 aliphatic rings. The van der Waals surface area contributed by atoms with Crippen molar-refractivity contribution in [2.75, 3.05) is 4.90 Å². The molecule has 0 fully saturated rings. The lowest BCUT2D eigenvalue weighted by molar-refractivity contribution is -0.116. The smallest absolute Gasteiger partial charge is 0.161 e. The molecule has 1 aliphatic heterocycles. The Hall–Kier alpha value is -3.46. The first-order chi connectivity index (χ1) is 18.8. The Morgan fingerprint density at radius 2 is 1.79 bits per heavy atom.